The topological polar surface area (TPSA) is 64.6 Å². The maximum Gasteiger partial charge on any atom is 0.320 e. The van der Waals surface area contributed by atoms with Crippen LogP contribution in [0.15, 0.2) is 0 Å². The van der Waals surface area contributed by atoms with Gasteiger partial charge in [-0.15, -0.1) is 0 Å². The van der Waals surface area contributed by atoms with Crippen LogP contribution in [-0.2, 0) is 19.1 Å². The molecule has 0 heterocycles. The Kier molecular flexibility index (Phi) is 5.88. The minimum atomic E-state index is -0.405. The van der Waals surface area contributed by atoms with Crippen LogP contribution in [0.25, 0.3) is 0 Å². The van der Waals surface area contributed by atoms with Gasteiger partial charge in [-0.1, -0.05) is 0 Å². The van der Waals surface area contributed by atoms with Crippen molar-refractivity contribution < 1.29 is 19.1 Å². The zero-order chi connectivity index (χ0) is 10.3. The van der Waals surface area contributed by atoms with Gasteiger partial charge in [0.2, 0.25) is 0 Å². The Morgan fingerprint density at radius 1 is 1.23 bits per heavy atom. The lowest BCUT2D eigenvalue weighted by Gasteiger charge is -2.07. The van der Waals surface area contributed by atoms with E-state index in [-0.39, 0.29) is 25.2 Å². The molecule has 0 saturated carbocycles. The number of carbonyl (C=O) groups is 2. The van der Waals surface area contributed by atoms with Gasteiger partial charge in [0, 0.05) is 0 Å². The van der Waals surface area contributed by atoms with Crippen molar-refractivity contribution in [3.63, 3.8) is 0 Å². The van der Waals surface area contributed by atoms with Gasteiger partial charge >= 0.3 is 11.9 Å². The van der Waals surface area contributed by atoms with Crippen LogP contribution in [0.1, 0.15) is 13.8 Å². The molecule has 0 aliphatic rings. The van der Waals surface area contributed by atoms with E-state index in [4.69, 9.17) is 4.74 Å². The molecular formula is C8H15NO4. The highest BCUT2D eigenvalue weighted by molar-refractivity contribution is 5.74. The molecular weight excluding hydrogens is 174 g/mol. The Labute approximate surface area is 77.4 Å². The molecule has 0 aliphatic heterocycles. The molecule has 0 saturated heterocycles. The van der Waals surface area contributed by atoms with E-state index in [9.17, 15) is 9.59 Å². The molecule has 0 aliphatic carbocycles. The van der Waals surface area contributed by atoms with Gasteiger partial charge in [-0.25, -0.2) is 0 Å². The van der Waals surface area contributed by atoms with Crippen molar-refractivity contribution in [3.05, 3.63) is 0 Å². The summed E-state index contributed by atoms with van der Waals surface area (Å²) >= 11 is 0. The van der Waals surface area contributed by atoms with Crippen molar-refractivity contribution >= 4 is 11.9 Å². The molecule has 76 valence electrons. The molecule has 0 radical (unpaired) electrons. The predicted octanol–water partition coefficient (Wildman–Crippen LogP) is -0.299. The smallest absolute Gasteiger partial charge is 0.320 e. The second kappa shape index (κ2) is 6.42. The molecule has 13 heavy (non-hydrogen) atoms. The van der Waals surface area contributed by atoms with E-state index in [0.717, 1.165) is 0 Å². The quantitative estimate of drug-likeness (QED) is 0.601. The van der Waals surface area contributed by atoms with Crippen LogP contribution in [-0.4, -0.2) is 38.2 Å². The SMILES string of the molecule is COC(=O)CNCC(=O)OC(C)C. The van der Waals surface area contributed by atoms with Crippen molar-refractivity contribution in [2.75, 3.05) is 20.2 Å². The number of nitrogens with one attached hydrogen (secondary N) is 1. The summed E-state index contributed by atoms with van der Waals surface area (Å²) < 4.78 is 9.17. The highest BCUT2D eigenvalue weighted by atomic mass is 16.5. The molecule has 0 atom stereocenters. The van der Waals surface area contributed by atoms with Crippen molar-refractivity contribution in [3.8, 4) is 0 Å². The lowest BCUT2D eigenvalue weighted by Crippen LogP contribution is -2.31. The van der Waals surface area contributed by atoms with Crippen molar-refractivity contribution in [1.29, 1.82) is 0 Å². The van der Waals surface area contributed by atoms with Crippen molar-refractivity contribution in [2.24, 2.45) is 0 Å². The molecule has 0 aromatic rings. The summed E-state index contributed by atoms with van der Waals surface area (Å²) in [6.45, 7) is 3.56. The molecule has 0 spiro atoms. The van der Waals surface area contributed by atoms with Crippen LogP contribution in [0, 0.1) is 0 Å². The maximum atomic E-state index is 10.9. The summed E-state index contributed by atoms with van der Waals surface area (Å²) in [5, 5.41) is 2.59. The van der Waals surface area contributed by atoms with Crippen LogP contribution < -0.4 is 5.32 Å². The van der Waals surface area contributed by atoms with Crippen molar-refractivity contribution in [1.82, 2.24) is 5.32 Å². The first-order valence-electron chi connectivity index (χ1n) is 4.03. The summed E-state index contributed by atoms with van der Waals surface area (Å²) in [5.41, 5.74) is 0. The van der Waals surface area contributed by atoms with Gasteiger partial charge in [-0.05, 0) is 13.8 Å². The molecule has 0 amide bonds. The first kappa shape index (κ1) is 11.9. The third-order valence-corrected chi connectivity index (χ3v) is 1.13. The normalized spacial score (nSPS) is 9.85. The minimum absolute atomic E-state index is 0.0176. The summed E-state index contributed by atoms with van der Waals surface area (Å²) in [4.78, 5) is 21.5. The average Bonchev–Trinajstić information content (AvgIpc) is 2.02. The van der Waals surface area contributed by atoms with Crippen LogP contribution >= 0.6 is 0 Å². The molecule has 1 N–H and O–H groups in total. The van der Waals surface area contributed by atoms with Gasteiger partial charge in [0.05, 0.1) is 26.3 Å². The van der Waals surface area contributed by atoms with E-state index in [1.54, 1.807) is 13.8 Å². The van der Waals surface area contributed by atoms with Gasteiger partial charge in [0.1, 0.15) is 0 Å². The minimum Gasteiger partial charge on any atom is -0.468 e. The van der Waals surface area contributed by atoms with E-state index < -0.39 is 5.97 Å². The highest BCUT2D eigenvalue weighted by Gasteiger charge is 2.05. The number of methoxy groups -OCH3 is 1. The number of rotatable bonds is 5. The predicted molar refractivity (Wildman–Crippen MR) is 46.1 cm³/mol. The largest absolute Gasteiger partial charge is 0.468 e. The summed E-state index contributed by atoms with van der Waals surface area (Å²) in [6, 6.07) is 0. The van der Waals surface area contributed by atoms with Gasteiger partial charge in [0.15, 0.2) is 0 Å². The number of esters is 2. The van der Waals surface area contributed by atoms with Crippen LogP contribution in [0.4, 0.5) is 0 Å². The Hall–Kier alpha value is -1.10. The summed E-state index contributed by atoms with van der Waals surface area (Å²) in [5.74, 6) is -0.781. The van der Waals surface area contributed by atoms with E-state index in [1.165, 1.54) is 7.11 Å². The molecule has 0 aromatic carbocycles. The first-order valence-corrected chi connectivity index (χ1v) is 4.03. The van der Waals surface area contributed by atoms with Gasteiger partial charge < -0.3 is 9.47 Å². The Balaban J connectivity index is 3.42. The Morgan fingerprint density at radius 2 is 1.77 bits per heavy atom. The number of carbonyl (C=O) groups excluding carboxylic acids is 2. The fourth-order valence-corrected chi connectivity index (χ4v) is 0.643. The fourth-order valence-electron chi connectivity index (χ4n) is 0.643. The van der Waals surface area contributed by atoms with E-state index >= 15 is 0 Å². The maximum absolute atomic E-state index is 10.9. The highest BCUT2D eigenvalue weighted by Crippen LogP contribution is 1.87. The number of hydrogen-bond donors (Lipinski definition) is 1. The third kappa shape index (κ3) is 7.27. The Morgan fingerprint density at radius 3 is 2.23 bits per heavy atom. The number of ether oxygens (including phenoxy) is 2. The summed E-state index contributed by atoms with van der Waals surface area (Å²) in [7, 11) is 1.29. The van der Waals surface area contributed by atoms with Gasteiger partial charge in [-0.2, -0.15) is 0 Å². The van der Waals surface area contributed by atoms with Crippen LogP contribution in [0.3, 0.4) is 0 Å². The monoisotopic (exact) mass is 189 g/mol. The van der Waals surface area contributed by atoms with Gasteiger partial charge in [-0.3, -0.25) is 14.9 Å². The van der Waals surface area contributed by atoms with Crippen LogP contribution in [0.5, 0.6) is 0 Å². The standard InChI is InChI=1S/C8H15NO4/c1-6(2)13-8(11)5-9-4-7(10)12-3/h6,9H,4-5H2,1-3H3. The first-order chi connectivity index (χ1) is 6.06. The molecule has 0 aromatic heterocycles. The van der Waals surface area contributed by atoms with Gasteiger partial charge in [0.25, 0.3) is 0 Å². The molecule has 0 bridgehead atoms. The molecule has 0 rings (SSSR count). The second-order valence-electron chi connectivity index (χ2n) is 2.72. The lowest BCUT2D eigenvalue weighted by atomic mass is 10.5. The van der Waals surface area contributed by atoms with Crippen molar-refractivity contribution in [2.45, 2.75) is 20.0 Å². The summed E-state index contributed by atoms with van der Waals surface area (Å²) in [6.07, 6.45) is -0.132. The van der Waals surface area contributed by atoms with Crippen LogP contribution in [0.2, 0.25) is 0 Å². The van der Waals surface area contributed by atoms with E-state index in [1.807, 2.05) is 0 Å². The fraction of sp³-hybridized carbons (Fsp3) is 0.750. The molecule has 0 unspecified atom stereocenters. The number of hydrogen-bond acceptors (Lipinski definition) is 5. The molecule has 5 heteroatoms. The van der Waals surface area contributed by atoms with E-state index in [2.05, 4.69) is 10.1 Å². The molecule has 0 fully saturated rings. The third-order valence-electron chi connectivity index (χ3n) is 1.13. The lowest BCUT2D eigenvalue weighted by molar-refractivity contribution is -0.146. The zero-order valence-corrected chi connectivity index (χ0v) is 8.12. The zero-order valence-electron chi connectivity index (χ0n) is 8.12. The molecule has 5 nitrogen and oxygen atoms in total. The average molecular weight is 189 g/mol. The van der Waals surface area contributed by atoms with E-state index in [0.29, 0.717) is 0 Å². The second-order valence-corrected chi connectivity index (χ2v) is 2.72. The Bertz CT molecular complexity index is 179.